The van der Waals surface area contributed by atoms with Crippen molar-refractivity contribution in [2.24, 2.45) is 0 Å². The van der Waals surface area contributed by atoms with Gasteiger partial charge in [-0.2, -0.15) is 0 Å². The second-order valence-electron chi connectivity index (χ2n) is 7.33. The first-order valence-corrected chi connectivity index (χ1v) is 11.0. The molecule has 0 fully saturated rings. The van der Waals surface area contributed by atoms with E-state index >= 15 is 0 Å². The van der Waals surface area contributed by atoms with Crippen molar-refractivity contribution in [2.75, 3.05) is 19.0 Å². The Kier molecular flexibility index (Phi) is 8.57. The van der Waals surface area contributed by atoms with E-state index in [1.54, 1.807) is 0 Å². The number of anilines is 2. The van der Waals surface area contributed by atoms with Crippen molar-refractivity contribution in [2.45, 2.75) is 30.6 Å². The lowest BCUT2D eigenvalue weighted by atomic mass is 9.95. The number of rotatable bonds is 9. The molecule has 6 N–H and O–H groups in total. The second kappa shape index (κ2) is 11.0. The number of nitrogens with zero attached hydrogens (tertiary/aromatic N) is 2. The van der Waals surface area contributed by atoms with E-state index in [1.807, 2.05) is 0 Å². The summed E-state index contributed by atoms with van der Waals surface area (Å²) in [6.45, 7) is -0.919. The highest BCUT2D eigenvalue weighted by Gasteiger charge is 2.37. The third-order valence-electron chi connectivity index (χ3n) is 5.13. The summed E-state index contributed by atoms with van der Waals surface area (Å²) in [5.74, 6) is -0.459. The molecule has 0 radical (unpaired) electrons. The van der Waals surface area contributed by atoms with E-state index in [-0.39, 0.29) is 33.4 Å². The number of halogens is 4. The Balaban J connectivity index is 2.00. The molecule has 0 saturated heterocycles. The lowest BCUT2D eigenvalue weighted by Gasteiger charge is -2.27. The van der Waals surface area contributed by atoms with E-state index in [9.17, 15) is 29.2 Å². The molecule has 0 aliphatic rings. The average molecular weight is 565 g/mol. The zero-order valence-electron chi connectivity index (χ0n) is 17.5. The summed E-state index contributed by atoms with van der Waals surface area (Å²) in [6.07, 6.45) is -9.37. The third-order valence-corrected chi connectivity index (χ3v) is 6.32. The summed E-state index contributed by atoms with van der Waals surface area (Å²) in [5, 5.41) is 52.0. The normalized spacial score (nSPS) is 16.1. The minimum Gasteiger partial charge on any atom is -0.496 e. The summed E-state index contributed by atoms with van der Waals surface area (Å²) >= 11 is 9.17. The van der Waals surface area contributed by atoms with E-state index in [2.05, 4.69) is 31.2 Å². The number of hydrogen-bond donors (Lipinski definition) is 6. The predicted molar refractivity (Wildman–Crippen MR) is 123 cm³/mol. The summed E-state index contributed by atoms with van der Waals surface area (Å²) < 4.78 is 34.8. The number of methoxy groups -OCH3 is 1. The number of aromatic nitrogens is 2. The molecular weight excluding hydrogens is 544 g/mol. The van der Waals surface area contributed by atoms with Gasteiger partial charge in [0.15, 0.2) is 6.17 Å². The van der Waals surface area contributed by atoms with Gasteiger partial charge in [-0.1, -0.05) is 11.6 Å². The van der Waals surface area contributed by atoms with Crippen molar-refractivity contribution in [1.29, 1.82) is 0 Å². The fourth-order valence-electron chi connectivity index (χ4n) is 3.24. The Morgan fingerprint density at radius 2 is 1.82 bits per heavy atom. The SMILES string of the molecule is COc1cc2c(Nc3cc(Cl)c(Br)cc3F)ncnc2cc1C(O)[C@@H](F)[C@H](O)[C@@H](O)[C@H](O)CO. The largest absolute Gasteiger partial charge is 0.496 e. The molecule has 0 aliphatic carbocycles. The maximum absolute atomic E-state index is 14.8. The summed E-state index contributed by atoms with van der Waals surface area (Å²) in [5.41, 5.74) is 0.128. The van der Waals surface area contributed by atoms with Gasteiger partial charge in [0.1, 0.15) is 48.1 Å². The first-order valence-electron chi connectivity index (χ1n) is 9.80. The van der Waals surface area contributed by atoms with Crippen LogP contribution in [-0.4, -0.2) is 73.7 Å². The van der Waals surface area contributed by atoms with Gasteiger partial charge in [-0.15, -0.1) is 0 Å². The Morgan fingerprint density at radius 3 is 2.47 bits per heavy atom. The highest BCUT2D eigenvalue weighted by atomic mass is 79.9. The number of fused-ring (bicyclic) bond motifs is 1. The quantitative estimate of drug-likeness (QED) is 0.216. The van der Waals surface area contributed by atoms with Gasteiger partial charge in [0.05, 0.1) is 29.9 Å². The van der Waals surface area contributed by atoms with Crippen LogP contribution in [0.15, 0.2) is 35.1 Å². The molecule has 0 amide bonds. The molecule has 3 aromatic rings. The van der Waals surface area contributed by atoms with Gasteiger partial charge in [-0.05, 0) is 40.2 Å². The molecule has 5 atom stereocenters. The molecule has 0 spiro atoms. The lowest BCUT2D eigenvalue weighted by Crippen LogP contribution is -2.46. The first-order chi connectivity index (χ1) is 16.1. The van der Waals surface area contributed by atoms with Gasteiger partial charge in [0, 0.05) is 15.4 Å². The van der Waals surface area contributed by atoms with E-state index in [1.165, 1.54) is 31.4 Å². The molecular formula is C21H21BrClF2N3O6. The van der Waals surface area contributed by atoms with E-state index in [0.29, 0.717) is 9.86 Å². The fraction of sp³-hybridized carbons (Fsp3) is 0.333. The Morgan fingerprint density at radius 1 is 1.12 bits per heavy atom. The number of aliphatic hydroxyl groups is 5. The van der Waals surface area contributed by atoms with Gasteiger partial charge >= 0.3 is 0 Å². The minimum absolute atomic E-state index is 0.0146. The molecule has 1 aromatic heterocycles. The number of ether oxygens (including phenoxy) is 1. The number of nitrogens with one attached hydrogen (secondary N) is 1. The summed E-state index contributed by atoms with van der Waals surface area (Å²) in [7, 11) is 1.26. The van der Waals surface area contributed by atoms with Crippen molar-refractivity contribution in [3.8, 4) is 5.75 Å². The Labute approximate surface area is 205 Å². The van der Waals surface area contributed by atoms with Crippen LogP contribution in [0.5, 0.6) is 5.75 Å². The van der Waals surface area contributed by atoms with Gasteiger partial charge in [0.2, 0.25) is 0 Å². The molecule has 2 aromatic carbocycles. The molecule has 1 heterocycles. The molecule has 0 aliphatic heterocycles. The van der Waals surface area contributed by atoms with Crippen molar-refractivity contribution in [3.63, 3.8) is 0 Å². The van der Waals surface area contributed by atoms with Crippen LogP contribution in [0.3, 0.4) is 0 Å². The van der Waals surface area contributed by atoms with Gasteiger partial charge in [-0.3, -0.25) is 0 Å². The van der Waals surface area contributed by atoms with E-state index < -0.39 is 43.0 Å². The maximum atomic E-state index is 14.8. The van der Waals surface area contributed by atoms with Gasteiger partial charge in [-0.25, -0.2) is 18.7 Å². The first kappa shape index (κ1) is 26.4. The van der Waals surface area contributed by atoms with Crippen LogP contribution >= 0.6 is 27.5 Å². The number of benzene rings is 2. The van der Waals surface area contributed by atoms with Crippen molar-refractivity contribution in [3.05, 3.63) is 51.5 Å². The van der Waals surface area contributed by atoms with Crippen LogP contribution in [0.4, 0.5) is 20.3 Å². The summed E-state index contributed by atoms with van der Waals surface area (Å²) in [4.78, 5) is 8.18. The standard InChI is InChI=1S/C21H21BrClF2N3O6/c1-34-16-3-8-13(2-9(16)18(31)17(25)20(33)19(32)15(30)6-29)26-7-27-21(8)28-14-5-11(23)10(22)4-12(14)24/h2-5,7,15,17-20,29-33H,6H2,1H3,(H,26,27,28)/t15-,17-,18?,19+,20+/m1/s1. The zero-order chi connectivity index (χ0) is 25.2. The van der Waals surface area contributed by atoms with Crippen LogP contribution < -0.4 is 10.1 Å². The highest BCUT2D eigenvalue weighted by molar-refractivity contribution is 9.10. The van der Waals surface area contributed by atoms with Crippen LogP contribution in [0.25, 0.3) is 10.9 Å². The predicted octanol–water partition coefficient (Wildman–Crippen LogP) is 2.38. The molecule has 34 heavy (non-hydrogen) atoms. The maximum Gasteiger partial charge on any atom is 0.159 e. The minimum atomic E-state index is -2.46. The molecule has 1 unspecified atom stereocenters. The van der Waals surface area contributed by atoms with Crippen LogP contribution in [-0.2, 0) is 0 Å². The molecule has 0 bridgehead atoms. The topological polar surface area (TPSA) is 148 Å². The Hall–Kier alpha value is -2.19. The molecule has 3 rings (SSSR count). The van der Waals surface area contributed by atoms with Crippen molar-refractivity contribution >= 4 is 49.9 Å². The van der Waals surface area contributed by atoms with Crippen LogP contribution in [0.2, 0.25) is 5.02 Å². The average Bonchev–Trinajstić information content (AvgIpc) is 2.84. The Bertz CT molecular complexity index is 1180. The fourth-order valence-corrected chi connectivity index (χ4v) is 3.71. The monoisotopic (exact) mass is 563 g/mol. The van der Waals surface area contributed by atoms with E-state index in [0.717, 1.165) is 6.33 Å². The third kappa shape index (κ3) is 5.38. The van der Waals surface area contributed by atoms with Gasteiger partial charge in [0.25, 0.3) is 0 Å². The summed E-state index contributed by atoms with van der Waals surface area (Å²) in [6, 6.07) is 5.20. The molecule has 0 saturated carbocycles. The van der Waals surface area contributed by atoms with Crippen LogP contribution in [0, 0.1) is 5.82 Å². The molecule has 13 heteroatoms. The smallest absolute Gasteiger partial charge is 0.159 e. The second-order valence-corrected chi connectivity index (χ2v) is 8.59. The highest BCUT2D eigenvalue weighted by Crippen LogP contribution is 2.37. The number of aliphatic hydroxyl groups excluding tert-OH is 5. The number of hydrogen-bond acceptors (Lipinski definition) is 9. The number of alkyl halides is 1. The van der Waals surface area contributed by atoms with Crippen molar-refractivity contribution < 1.29 is 39.1 Å². The van der Waals surface area contributed by atoms with Crippen molar-refractivity contribution in [1.82, 2.24) is 9.97 Å². The van der Waals surface area contributed by atoms with E-state index in [4.69, 9.17) is 21.4 Å². The van der Waals surface area contributed by atoms with Crippen LogP contribution in [0.1, 0.15) is 11.7 Å². The van der Waals surface area contributed by atoms with Gasteiger partial charge < -0.3 is 35.6 Å². The molecule has 184 valence electrons. The zero-order valence-corrected chi connectivity index (χ0v) is 19.9. The molecule has 9 nitrogen and oxygen atoms in total. The lowest BCUT2D eigenvalue weighted by molar-refractivity contribution is -0.119.